The van der Waals surface area contributed by atoms with Crippen molar-refractivity contribution in [1.82, 2.24) is 9.97 Å². The number of halogens is 2. The second-order valence-electron chi connectivity index (χ2n) is 4.38. The van der Waals surface area contributed by atoms with Crippen molar-refractivity contribution < 1.29 is 9.50 Å². The molecule has 1 saturated carbocycles. The van der Waals surface area contributed by atoms with Crippen molar-refractivity contribution in [3.63, 3.8) is 0 Å². The van der Waals surface area contributed by atoms with Crippen LogP contribution in [0.4, 0.5) is 4.39 Å². The number of phenols is 1. The van der Waals surface area contributed by atoms with Crippen molar-refractivity contribution in [2.45, 2.75) is 18.8 Å². The van der Waals surface area contributed by atoms with Gasteiger partial charge in [-0.25, -0.2) is 14.4 Å². The number of phenolic OH excluding ortho intramolecular Hbond substituents is 1. The number of nitrogens with zero attached hydrogens (tertiary/aromatic N) is 2. The molecule has 0 atom stereocenters. The van der Waals surface area contributed by atoms with E-state index in [0.717, 1.165) is 18.4 Å². The Morgan fingerprint density at radius 2 is 2.11 bits per heavy atom. The minimum Gasteiger partial charge on any atom is -0.507 e. The van der Waals surface area contributed by atoms with Crippen LogP contribution >= 0.6 is 11.6 Å². The van der Waals surface area contributed by atoms with E-state index in [1.165, 1.54) is 18.2 Å². The van der Waals surface area contributed by atoms with Crippen LogP contribution in [-0.2, 0) is 0 Å². The summed E-state index contributed by atoms with van der Waals surface area (Å²) in [6.45, 7) is 0. The van der Waals surface area contributed by atoms with Crippen molar-refractivity contribution >= 4 is 11.6 Å². The summed E-state index contributed by atoms with van der Waals surface area (Å²) in [5.41, 5.74) is 1.80. The second kappa shape index (κ2) is 4.21. The molecular weight excluding hydrogens is 255 g/mol. The van der Waals surface area contributed by atoms with Crippen LogP contribution in [0.5, 0.6) is 5.75 Å². The van der Waals surface area contributed by atoms with E-state index in [9.17, 15) is 9.50 Å². The lowest BCUT2D eigenvalue weighted by Crippen LogP contribution is -1.95. The maximum atomic E-state index is 13.3. The van der Waals surface area contributed by atoms with Gasteiger partial charge >= 0.3 is 0 Å². The maximum Gasteiger partial charge on any atom is 0.222 e. The number of hydrogen-bond donors (Lipinski definition) is 1. The lowest BCUT2D eigenvalue weighted by Gasteiger charge is -2.09. The van der Waals surface area contributed by atoms with E-state index in [4.69, 9.17) is 11.6 Å². The van der Waals surface area contributed by atoms with Crippen LogP contribution in [-0.4, -0.2) is 15.1 Å². The number of hydrogen-bond acceptors (Lipinski definition) is 3. The highest BCUT2D eigenvalue weighted by molar-refractivity contribution is 6.28. The van der Waals surface area contributed by atoms with Gasteiger partial charge in [-0.2, -0.15) is 0 Å². The Morgan fingerprint density at radius 3 is 2.83 bits per heavy atom. The predicted molar refractivity (Wildman–Crippen MR) is 66.1 cm³/mol. The van der Waals surface area contributed by atoms with Gasteiger partial charge in [0.1, 0.15) is 11.6 Å². The molecule has 2 aromatic rings. The minimum absolute atomic E-state index is 0.00642. The van der Waals surface area contributed by atoms with E-state index in [0.29, 0.717) is 17.2 Å². The lowest BCUT2D eigenvalue weighted by atomic mass is 10.0. The highest BCUT2D eigenvalue weighted by atomic mass is 35.5. The van der Waals surface area contributed by atoms with Gasteiger partial charge in [-0.15, -0.1) is 0 Å². The van der Waals surface area contributed by atoms with Crippen LogP contribution < -0.4 is 0 Å². The number of aromatic hydroxyl groups is 1. The van der Waals surface area contributed by atoms with Gasteiger partial charge in [0.25, 0.3) is 0 Å². The Morgan fingerprint density at radius 1 is 1.33 bits per heavy atom. The van der Waals surface area contributed by atoms with Crippen LogP contribution in [0.25, 0.3) is 11.3 Å². The van der Waals surface area contributed by atoms with Gasteiger partial charge in [0.05, 0.1) is 5.69 Å². The molecule has 1 heterocycles. The Labute approximate surface area is 108 Å². The molecule has 5 heteroatoms. The first kappa shape index (κ1) is 11.4. The molecule has 1 aromatic heterocycles. The van der Waals surface area contributed by atoms with Gasteiger partial charge in [-0.1, -0.05) is 0 Å². The molecule has 92 valence electrons. The summed E-state index contributed by atoms with van der Waals surface area (Å²) in [7, 11) is 0. The highest BCUT2D eigenvalue weighted by Crippen LogP contribution is 2.45. The molecule has 0 unspecified atom stereocenters. The van der Waals surface area contributed by atoms with Gasteiger partial charge < -0.3 is 5.11 Å². The summed E-state index contributed by atoms with van der Waals surface area (Å²) in [4.78, 5) is 8.09. The summed E-state index contributed by atoms with van der Waals surface area (Å²) in [5, 5.41) is 9.93. The molecule has 0 aliphatic heterocycles. The van der Waals surface area contributed by atoms with Gasteiger partial charge in [0.2, 0.25) is 5.28 Å². The van der Waals surface area contributed by atoms with E-state index >= 15 is 0 Å². The smallest absolute Gasteiger partial charge is 0.222 e. The van der Waals surface area contributed by atoms with Crippen molar-refractivity contribution in [3.8, 4) is 17.0 Å². The highest BCUT2D eigenvalue weighted by Gasteiger charge is 2.28. The zero-order chi connectivity index (χ0) is 12.7. The molecule has 18 heavy (non-hydrogen) atoms. The molecular formula is C13H10ClFN2O. The molecule has 3 nitrogen and oxygen atoms in total. The normalized spacial score (nSPS) is 14.8. The molecule has 1 fully saturated rings. The molecule has 0 saturated heterocycles. The Kier molecular flexibility index (Phi) is 2.67. The predicted octanol–water partition coefficient (Wildman–Crippen LogP) is 3.52. The van der Waals surface area contributed by atoms with Gasteiger partial charge in [0, 0.05) is 17.3 Å². The Hall–Kier alpha value is -1.68. The van der Waals surface area contributed by atoms with E-state index in [1.54, 1.807) is 6.20 Å². The summed E-state index contributed by atoms with van der Waals surface area (Å²) in [6.07, 6.45) is 3.79. The third-order valence-electron chi connectivity index (χ3n) is 3.02. The summed E-state index contributed by atoms with van der Waals surface area (Å²) in [6, 6.07) is 3.79. The third kappa shape index (κ3) is 2.04. The summed E-state index contributed by atoms with van der Waals surface area (Å²) >= 11 is 5.79. The SMILES string of the molecule is Oc1ccc(F)cc1-c1nc(Cl)ncc1C1CC1. The largest absolute Gasteiger partial charge is 0.507 e. The first-order chi connectivity index (χ1) is 8.65. The molecule has 0 amide bonds. The van der Waals surface area contributed by atoms with E-state index in [1.807, 2.05) is 0 Å². The monoisotopic (exact) mass is 264 g/mol. The Bertz CT molecular complexity index is 614. The standard InChI is InChI=1S/C13H10ClFN2O/c14-13-16-6-10(7-1-2-7)12(17-13)9-5-8(15)3-4-11(9)18/h3-7,18H,1-2H2. The molecule has 1 aromatic carbocycles. The molecule has 1 aliphatic rings. The minimum atomic E-state index is -0.417. The van der Waals surface area contributed by atoms with Crippen molar-refractivity contribution in [3.05, 3.63) is 41.1 Å². The van der Waals surface area contributed by atoms with Crippen LogP contribution in [0, 0.1) is 5.82 Å². The molecule has 1 N–H and O–H groups in total. The average Bonchev–Trinajstić information content (AvgIpc) is 3.16. The van der Waals surface area contributed by atoms with Crippen molar-refractivity contribution in [2.24, 2.45) is 0 Å². The van der Waals surface area contributed by atoms with Crippen LogP contribution in [0.1, 0.15) is 24.3 Å². The fourth-order valence-electron chi connectivity index (χ4n) is 1.98. The van der Waals surface area contributed by atoms with Gasteiger partial charge in [-0.3, -0.25) is 0 Å². The van der Waals surface area contributed by atoms with E-state index < -0.39 is 5.82 Å². The molecule has 0 bridgehead atoms. The van der Waals surface area contributed by atoms with Crippen molar-refractivity contribution in [2.75, 3.05) is 0 Å². The second-order valence-corrected chi connectivity index (χ2v) is 4.72. The van der Waals surface area contributed by atoms with Gasteiger partial charge in [0.15, 0.2) is 0 Å². The van der Waals surface area contributed by atoms with Crippen LogP contribution in [0.2, 0.25) is 5.28 Å². The first-order valence-corrected chi connectivity index (χ1v) is 6.04. The van der Waals surface area contributed by atoms with Crippen molar-refractivity contribution in [1.29, 1.82) is 0 Å². The zero-order valence-electron chi connectivity index (χ0n) is 9.40. The molecule has 1 aliphatic carbocycles. The third-order valence-corrected chi connectivity index (χ3v) is 3.20. The fraction of sp³-hybridized carbons (Fsp3) is 0.231. The number of benzene rings is 1. The van der Waals surface area contributed by atoms with E-state index in [2.05, 4.69) is 9.97 Å². The maximum absolute atomic E-state index is 13.3. The zero-order valence-corrected chi connectivity index (χ0v) is 10.2. The number of aromatic nitrogens is 2. The van der Waals surface area contributed by atoms with Crippen LogP contribution in [0.3, 0.4) is 0 Å². The van der Waals surface area contributed by atoms with E-state index in [-0.39, 0.29) is 11.0 Å². The quantitative estimate of drug-likeness (QED) is 0.844. The molecule has 3 rings (SSSR count). The first-order valence-electron chi connectivity index (χ1n) is 5.66. The number of rotatable bonds is 2. The van der Waals surface area contributed by atoms with Crippen LogP contribution in [0.15, 0.2) is 24.4 Å². The topological polar surface area (TPSA) is 46.0 Å². The average molecular weight is 265 g/mol. The summed E-state index contributed by atoms with van der Waals surface area (Å²) < 4.78 is 13.3. The molecule has 0 radical (unpaired) electrons. The Balaban J connectivity index is 2.20. The molecule has 0 spiro atoms. The fourth-order valence-corrected chi connectivity index (χ4v) is 2.11. The lowest BCUT2D eigenvalue weighted by molar-refractivity contribution is 0.475. The van der Waals surface area contributed by atoms with Gasteiger partial charge in [-0.05, 0) is 48.6 Å². The summed E-state index contributed by atoms with van der Waals surface area (Å²) in [5.74, 6) is -0.0349.